The van der Waals surface area contributed by atoms with E-state index in [0.29, 0.717) is 5.71 Å². The van der Waals surface area contributed by atoms with Crippen molar-refractivity contribution < 1.29 is 4.42 Å². The van der Waals surface area contributed by atoms with Crippen molar-refractivity contribution in [3.63, 3.8) is 0 Å². The predicted molar refractivity (Wildman–Crippen MR) is 207 cm³/mol. The number of aromatic amines is 1. The van der Waals surface area contributed by atoms with Crippen LogP contribution in [0, 0.1) is 17.8 Å². The third-order valence-corrected chi connectivity index (χ3v) is 4.75. The number of aromatic nitrogens is 3. The van der Waals surface area contributed by atoms with Crippen LogP contribution in [0.1, 0.15) is 104 Å². The molecule has 0 bridgehead atoms. The summed E-state index contributed by atoms with van der Waals surface area (Å²) >= 11 is 1.68. The number of hydrogen-bond donors (Lipinski definition) is 1. The summed E-state index contributed by atoms with van der Waals surface area (Å²) in [5.74, 6) is 2.50. The molecule has 0 radical (unpaired) electrons. The van der Waals surface area contributed by atoms with Crippen LogP contribution in [0.25, 0.3) is 32.6 Å². The van der Waals surface area contributed by atoms with Crippen molar-refractivity contribution in [1.29, 1.82) is 0 Å². The molecular weight excluding hydrogens is 571 g/mol. The molecule has 0 saturated carbocycles. The van der Waals surface area contributed by atoms with Crippen LogP contribution in [-0.2, 0) is 0 Å². The molecule has 45 heavy (non-hydrogen) atoms. The van der Waals surface area contributed by atoms with E-state index in [1.807, 2.05) is 90.3 Å². The van der Waals surface area contributed by atoms with Gasteiger partial charge in [0.05, 0.1) is 6.26 Å². The Labute approximate surface area is 281 Å². The molecule has 1 aliphatic carbocycles. The van der Waals surface area contributed by atoms with Crippen LogP contribution in [-0.4, -0.2) is 15.0 Å². The second-order valence-electron chi connectivity index (χ2n) is 10.9. The Morgan fingerprint density at radius 1 is 0.578 bits per heavy atom. The monoisotopic (exact) mass is 635 g/mol. The van der Waals surface area contributed by atoms with Gasteiger partial charge < -0.3 is 9.40 Å². The zero-order valence-corrected chi connectivity index (χ0v) is 32.0. The van der Waals surface area contributed by atoms with E-state index in [-0.39, 0.29) is 0 Å². The smallest absolute Gasteiger partial charge is 0.225 e. The number of pyridine rings is 3. The Bertz CT molecular complexity index is 1170. The molecule has 2 aliphatic rings. The number of hydrogen-bond acceptors (Lipinski definition) is 4. The summed E-state index contributed by atoms with van der Waals surface area (Å²) in [7, 11) is 0. The minimum Gasteiger partial charge on any atom is -0.446 e. The van der Waals surface area contributed by atoms with Gasteiger partial charge in [0.2, 0.25) is 5.71 Å². The van der Waals surface area contributed by atoms with E-state index in [1.165, 1.54) is 16.6 Å². The van der Waals surface area contributed by atoms with Gasteiger partial charge in [0.15, 0.2) is 0 Å². The topological polar surface area (TPSA) is 54.7 Å². The van der Waals surface area contributed by atoms with Crippen LogP contribution in [0.2, 0.25) is 0 Å². The molecule has 4 aromatic rings. The summed E-state index contributed by atoms with van der Waals surface area (Å²) in [6.45, 7) is 31.5. The fraction of sp³-hybridized carbons (Fsp3) is 0.450. The van der Waals surface area contributed by atoms with E-state index in [2.05, 4.69) is 113 Å². The van der Waals surface area contributed by atoms with Gasteiger partial charge in [0, 0.05) is 35.1 Å². The quantitative estimate of drug-likeness (QED) is 0.181. The van der Waals surface area contributed by atoms with Crippen molar-refractivity contribution in [2.45, 2.75) is 104 Å². The standard InChI is InChI=1S/C8H7N.C7H5NO.C7H5NS.3C4H10.3C2H6/c1-3-7-4-2-6-9-8(7)5-1;2*1-2-6-3-5-9-7(6)8-4-1;3*1-4(2)3;3*1-2/h1-6,9H;2*1-5H;3*4H,1-3H3;3*1-2H3. The highest BCUT2D eigenvalue weighted by Gasteiger charge is 1.96. The summed E-state index contributed by atoms with van der Waals surface area (Å²) in [6.07, 6.45) is 7.10. The van der Waals surface area contributed by atoms with Gasteiger partial charge in [-0.25, -0.2) is 9.97 Å². The highest BCUT2D eigenvalue weighted by molar-refractivity contribution is 7.16. The van der Waals surface area contributed by atoms with Crippen LogP contribution in [0.15, 0.2) is 101 Å². The van der Waals surface area contributed by atoms with Crippen molar-refractivity contribution in [1.82, 2.24) is 15.0 Å². The molecule has 1 aliphatic heterocycles. The van der Waals surface area contributed by atoms with Crippen molar-refractivity contribution >= 4 is 32.7 Å². The zero-order valence-electron chi connectivity index (χ0n) is 31.2. The number of rotatable bonds is 0. The maximum Gasteiger partial charge on any atom is 0.225 e. The predicted octanol–water partition coefficient (Wildman–Crippen LogP) is 14.3. The number of nitrogens with one attached hydrogen (secondary N) is 1. The third-order valence-electron chi connectivity index (χ3n) is 3.92. The average Bonchev–Trinajstić information content (AvgIpc) is 3.81. The summed E-state index contributed by atoms with van der Waals surface area (Å²) in [5.41, 5.74) is 3.19. The Hall–Kier alpha value is -3.44. The van der Waals surface area contributed by atoms with Crippen LogP contribution >= 0.6 is 11.3 Å². The highest BCUT2D eigenvalue weighted by atomic mass is 32.1. The van der Waals surface area contributed by atoms with Gasteiger partial charge in [0.25, 0.3) is 0 Å². The molecule has 0 atom stereocenters. The summed E-state index contributed by atoms with van der Waals surface area (Å²) < 4.78 is 5.01. The second-order valence-corrected chi connectivity index (χ2v) is 11.8. The van der Waals surface area contributed by atoms with Gasteiger partial charge in [-0.05, 0) is 71.2 Å². The maximum absolute atomic E-state index is 5.01. The van der Waals surface area contributed by atoms with Crippen molar-refractivity contribution in [2.24, 2.45) is 17.8 Å². The Morgan fingerprint density at radius 3 is 1.60 bits per heavy atom. The van der Waals surface area contributed by atoms with E-state index in [4.69, 9.17) is 4.42 Å². The van der Waals surface area contributed by atoms with Crippen molar-refractivity contribution in [2.75, 3.05) is 0 Å². The third kappa shape index (κ3) is 26.7. The number of furan rings is 1. The lowest BCUT2D eigenvalue weighted by atomic mass is 10.2. The van der Waals surface area contributed by atoms with Gasteiger partial charge in [-0.1, -0.05) is 128 Å². The van der Waals surface area contributed by atoms with E-state index < -0.39 is 0 Å². The Morgan fingerprint density at radius 2 is 1.09 bits per heavy atom. The Kier molecular flexibility index (Phi) is 32.7. The first-order valence-corrected chi connectivity index (χ1v) is 17.6. The molecule has 5 heterocycles. The lowest BCUT2D eigenvalue weighted by Crippen LogP contribution is -1.74. The van der Waals surface area contributed by atoms with Gasteiger partial charge in [0.1, 0.15) is 4.83 Å². The zero-order chi connectivity index (χ0) is 35.0. The molecule has 0 aromatic carbocycles. The number of nitrogens with zero attached hydrogens (tertiary/aromatic N) is 2. The summed E-state index contributed by atoms with van der Waals surface area (Å²) in [4.78, 5) is 12.4. The number of thiophene rings is 1. The minimum absolute atomic E-state index is 0.706. The normalized spacial score (nSPS) is 8.93. The van der Waals surface area contributed by atoms with E-state index in [1.54, 1.807) is 23.8 Å². The molecule has 5 heteroatoms. The first-order valence-electron chi connectivity index (χ1n) is 16.7. The van der Waals surface area contributed by atoms with Gasteiger partial charge in [-0.2, -0.15) is 0 Å². The second kappa shape index (κ2) is 32.0. The van der Waals surface area contributed by atoms with Crippen molar-refractivity contribution in [3.05, 3.63) is 97.0 Å². The molecule has 0 amide bonds. The molecule has 0 fully saturated rings. The van der Waals surface area contributed by atoms with Crippen LogP contribution in [0.4, 0.5) is 0 Å². The molecule has 6 rings (SSSR count). The van der Waals surface area contributed by atoms with Crippen molar-refractivity contribution in [3.8, 4) is 11.3 Å². The molecular formula is C40H65N3OS. The minimum atomic E-state index is 0.706. The maximum atomic E-state index is 5.01. The SMILES string of the molecule is CC.CC.CC.CC(C)C.CC(C)C.CC(C)C.c1c[nH]c2cccc-2c1.c1cnc2occc2c1.c1cnc2sccc2c1. The number of fused-ring (bicyclic) bond motifs is 3. The molecule has 1 N–H and O–H groups in total. The number of H-pyrrole nitrogens is 1. The van der Waals surface area contributed by atoms with Crippen LogP contribution < -0.4 is 0 Å². The summed E-state index contributed by atoms with van der Waals surface area (Å²) in [6, 6.07) is 22.1. The lowest BCUT2D eigenvalue weighted by Gasteiger charge is -1.93. The largest absolute Gasteiger partial charge is 0.446 e. The average molecular weight is 636 g/mol. The van der Waals surface area contributed by atoms with E-state index in [9.17, 15) is 0 Å². The van der Waals surface area contributed by atoms with Crippen LogP contribution in [0.3, 0.4) is 0 Å². The fourth-order valence-electron chi connectivity index (χ4n) is 2.60. The molecule has 0 unspecified atom stereocenters. The fourth-order valence-corrected chi connectivity index (χ4v) is 3.34. The van der Waals surface area contributed by atoms with Gasteiger partial charge in [-0.15, -0.1) is 11.3 Å². The van der Waals surface area contributed by atoms with E-state index in [0.717, 1.165) is 28.0 Å². The molecule has 4 nitrogen and oxygen atoms in total. The van der Waals surface area contributed by atoms with Crippen LogP contribution in [0.5, 0.6) is 0 Å². The summed E-state index contributed by atoms with van der Waals surface area (Å²) in [5, 5.41) is 4.34. The Balaban J connectivity index is -0.000000471. The molecule has 0 saturated heterocycles. The first kappa shape index (κ1) is 46.0. The molecule has 0 spiro atoms. The lowest BCUT2D eigenvalue weighted by molar-refractivity contribution is 0.603. The van der Waals surface area contributed by atoms with Gasteiger partial charge in [-0.3, -0.25) is 0 Å². The molecule has 252 valence electrons. The van der Waals surface area contributed by atoms with E-state index >= 15 is 0 Å². The van der Waals surface area contributed by atoms with Gasteiger partial charge >= 0.3 is 0 Å². The highest BCUT2D eigenvalue weighted by Crippen LogP contribution is 2.18. The molecule has 4 aromatic heterocycles. The first-order chi connectivity index (χ1) is 21.6.